The van der Waals surface area contributed by atoms with E-state index in [9.17, 15) is 12.8 Å². The molecule has 0 aliphatic rings. The van der Waals surface area contributed by atoms with E-state index in [2.05, 4.69) is 9.97 Å². The van der Waals surface area contributed by atoms with Crippen LogP contribution in [0.1, 0.15) is 0 Å². The number of aromatic nitrogens is 3. The molecule has 4 aromatic rings. The van der Waals surface area contributed by atoms with Crippen LogP contribution >= 0.6 is 0 Å². The third-order valence-corrected chi connectivity index (χ3v) is 4.88. The largest absolute Gasteiger partial charge is 0.298 e. The number of halogens is 1. The molecule has 0 saturated carbocycles. The smallest absolute Gasteiger partial charge is 0.238 e. The number of fused-ring (bicyclic) bond motifs is 1. The highest BCUT2D eigenvalue weighted by Crippen LogP contribution is 2.24. The van der Waals surface area contributed by atoms with Crippen LogP contribution in [0.25, 0.3) is 28.1 Å². The van der Waals surface area contributed by atoms with E-state index in [1.807, 2.05) is 0 Å². The highest BCUT2D eigenvalue weighted by Gasteiger charge is 2.14. The minimum absolute atomic E-state index is 0.00725. The van der Waals surface area contributed by atoms with Crippen LogP contribution in [-0.2, 0) is 10.0 Å². The highest BCUT2D eigenvalue weighted by atomic mass is 32.2. The Balaban J connectivity index is 1.87. The predicted molar refractivity (Wildman–Crippen MR) is 95.6 cm³/mol. The van der Waals surface area contributed by atoms with Crippen LogP contribution in [0.4, 0.5) is 4.39 Å². The molecule has 2 N–H and O–H groups in total. The molecule has 0 radical (unpaired) electrons. The second-order valence-electron chi connectivity index (χ2n) is 5.67. The summed E-state index contributed by atoms with van der Waals surface area (Å²) in [5, 5.41) is 5.88. The van der Waals surface area contributed by atoms with Crippen molar-refractivity contribution in [1.82, 2.24) is 14.5 Å². The molecule has 8 heteroatoms. The maximum atomic E-state index is 14.0. The Labute approximate surface area is 148 Å². The lowest BCUT2D eigenvalue weighted by atomic mass is 10.2. The Morgan fingerprint density at radius 2 is 1.85 bits per heavy atom. The fraction of sp³-hybridized carbons (Fsp3) is 0. The molecule has 6 nitrogen and oxygen atoms in total. The summed E-state index contributed by atoms with van der Waals surface area (Å²) in [5.74, 6) is 0.0420. The van der Waals surface area contributed by atoms with Crippen LogP contribution in [-0.4, -0.2) is 23.0 Å². The molecule has 2 aromatic carbocycles. The number of para-hydroxylation sites is 1. The number of benzene rings is 2. The molecule has 0 unspecified atom stereocenters. The zero-order valence-corrected chi connectivity index (χ0v) is 14.2. The van der Waals surface area contributed by atoms with Crippen LogP contribution in [0.5, 0.6) is 0 Å². The van der Waals surface area contributed by atoms with E-state index in [-0.39, 0.29) is 10.4 Å². The van der Waals surface area contributed by atoms with Crippen LogP contribution in [0, 0.1) is 5.82 Å². The van der Waals surface area contributed by atoms with Gasteiger partial charge in [0.1, 0.15) is 17.0 Å². The minimum atomic E-state index is -3.83. The van der Waals surface area contributed by atoms with Gasteiger partial charge in [-0.1, -0.05) is 24.3 Å². The van der Waals surface area contributed by atoms with Gasteiger partial charge < -0.3 is 0 Å². The normalized spacial score (nSPS) is 11.8. The average Bonchev–Trinajstić information content (AvgIpc) is 3.11. The zero-order valence-electron chi connectivity index (χ0n) is 13.4. The molecule has 130 valence electrons. The predicted octanol–water partition coefficient (Wildman–Crippen LogP) is 2.87. The number of pyridine rings is 1. The monoisotopic (exact) mass is 368 g/mol. The van der Waals surface area contributed by atoms with Crippen molar-refractivity contribution in [3.05, 3.63) is 72.8 Å². The number of hydrogen-bond acceptors (Lipinski definition) is 4. The minimum Gasteiger partial charge on any atom is -0.298 e. The van der Waals surface area contributed by atoms with Gasteiger partial charge in [0, 0.05) is 23.5 Å². The van der Waals surface area contributed by atoms with Crippen molar-refractivity contribution in [3.8, 4) is 17.2 Å². The maximum absolute atomic E-state index is 14.0. The van der Waals surface area contributed by atoms with Gasteiger partial charge in [-0.15, -0.1) is 0 Å². The van der Waals surface area contributed by atoms with Crippen LogP contribution in [0.15, 0.2) is 71.9 Å². The summed E-state index contributed by atoms with van der Waals surface area (Å²) in [7, 11) is -3.83. The lowest BCUT2D eigenvalue weighted by Crippen LogP contribution is -2.12. The van der Waals surface area contributed by atoms with E-state index >= 15 is 0 Å². The highest BCUT2D eigenvalue weighted by molar-refractivity contribution is 7.89. The quantitative estimate of drug-likeness (QED) is 0.602. The lowest BCUT2D eigenvalue weighted by Gasteiger charge is -2.09. The first-order valence-corrected chi connectivity index (χ1v) is 9.20. The molecular weight excluding hydrogens is 355 g/mol. The Bertz CT molecular complexity index is 1230. The van der Waals surface area contributed by atoms with Gasteiger partial charge in [-0.2, -0.15) is 0 Å². The van der Waals surface area contributed by atoms with Crippen molar-refractivity contribution in [2.45, 2.75) is 4.90 Å². The van der Waals surface area contributed by atoms with E-state index in [0.29, 0.717) is 22.6 Å². The summed E-state index contributed by atoms with van der Waals surface area (Å²) in [6.07, 6.45) is 3.23. The number of hydrogen-bond donors (Lipinski definition) is 1. The zero-order chi connectivity index (χ0) is 18.3. The molecule has 0 saturated heterocycles. The summed E-state index contributed by atoms with van der Waals surface area (Å²) in [4.78, 5) is 8.65. The summed E-state index contributed by atoms with van der Waals surface area (Å²) in [6, 6.07) is 14.4. The standard InChI is InChI=1S/C18H13FN4O2S/c19-15-6-1-3-12-7-8-16(22-17(12)15)18-21-9-10-23(18)13-4-2-5-14(11-13)26(20,24)25/h1-11H,(H2,20,24,25). The SMILES string of the molecule is NS(=O)(=O)c1cccc(-n2ccnc2-c2ccc3cccc(F)c3n2)c1. The van der Waals surface area contributed by atoms with Gasteiger partial charge in [-0.3, -0.25) is 4.57 Å². The van der Waals surface area contributed by atoms with Gasteiger partial charge >= 0.3 is 0 Å². The molecule has 0 aliphatic heterocycles. The molecule has 0 atom stereocenters. The lowest BCUT2D eigenvalue weighted by molar-refractivity contribution is 0.597. The molecule has 0 spiro atoms. The number of rotatable bonds is 3. The van der Waals surface area contributed by atoms with E-state index in [1.54, 1.807) is 53.4 Å². The van der Waals surface area contributed by atoms with Crippen LogP contribution < -0.4 is 5.14 Å². The first-order valence-electron chi connectivity index (χ1n) is 7.66. The van der Waals surface area contributed by atoms with Crippen molar-refractivity contribution in [1.29, 1.82) is 0 Å². The van der Waals surface area contributed by atoms with Crippen molar-refractivity contribution >= 4 is 20.9 Å². The molecule has 2 heterocycles. The Hall–Kier alpha value is -3.10. The van der Waals surface area contributed by atoms with Gasteiger partial charge in [0.25, 0.3) is 0 Å². The van der Waals surface area contributed by atoms with E-state index in [0.717, 1.165) is 0 Å². The summed E-state index contributed by atoms with van der Waals surface area (Å²) in [6.45, 7) is 0. The molecule has 0 aliphatic carbocycles. The summed E-state index contributed by atoms with van der Waals surface area (Å²) < 4.78 is 38.9. The number of primary sulfonamides is 1. The molecule has 0 bridgehead atoms. The third kappa shape index (κ3) is 2.85. The number of sulfonamides is 1. The van der Waals surface area contributed by atoms with Gasteiger partial charge in [-0.05, 0) is 30.3 Å². The summed E-state index contributed by atoms with van der Waals surface area (Å²) >= 11 is 0. The van der Waals surface area contributed by atoms with Crippen LogP contribution in [0.2, 0.25) is 0 Å². The first-order chi connectivity index (χ1) is 12.4. The van der Waals surface area contributed by atoms with Gasteiger partial charge in [0.2, 0.25) is 10.0 Å². The molecule has 0 amide bonds. The Kier molecular flexibility index (Phi) is 3.78. The van der Waals surface area contributed by atoms with E-state index < -0.39 is 15.8 Å². The van der Waals surface area contributed by atoms with Crippen molar-refractivity contribution in [3.63, 3.8) is 0 Å². The third-order valence-electron chi connectivity index (χ3n) is 3.97. The van der Waals surface area contributed by atoms with E-state index in [1.165, 1.54) is 18.2 Å². The molecule has 26 heavy (non-hydrogen) atoms. The molecule has 4 rings (SSSR count). The van der Waals surface area contributed by atoms with E-state index in [4.69, 9.17) is 5.14 Å². The Morgan fingerprint density at radius 1 is 1.04 bits per heavy atom. The number of nitrogens with zero attached hydrogens (tertiary/aromatic N) is 3. The topological polar surface area (TPSA) is 90.9 Å². The van der Waals surface area contributed by atoms with Gasteiger partial charge in [0.15, 0.2) is 5.82 Å². The van der Waals surface area contributed by atoms with Crippen LogP contribution in [0.3, 0.4) is 0 Å². The fourth-order valence-electron chi connectivity index (χ4n) is 2.75. The second-order valence-corrected chi connectivity index (χ2v) is 7.23. The van der Waals surface area contributed by atoms with Crippen molar-refractivity contribution in [2.75, 3.05) is 0 Å². The van der Waals surface area contributed by atoms with Crippen molar-refractivity contribution < 1.29 is 12.8 Å². The Morgan fingerprint density at radius 3 is 2.65 bits per heavy atom. The van der Waals surface area contributed by atoms with Gasteiger partial charge in [-0.25, -0.2) is 27.9 Å². The maximum Gasteiger partial charge on any atom is 0.238 e. The molecular formula is C18H13FN4O2S. The second kappa shape index (κ2) is 6.01. The first kappa shape index (κ1) is 16.4. The number of nitrogens with two attached hydrogens (primary N) is 1. The average molecular weight is 368 g/mol. The molecule has 0 fully saturated rings. The van der Waals surface area contributed by atoms with Crippen molar-refractivity contribution in [2.24, 2.45) is 5.14 Å². The number of imidazole rings is 1. The molecule has 2 aromatic heterocycles. The summed E-state index contributed by atoms with van der Waals surface area (Å²) in [5.41, 5.74) is 1.27. The van der Waals surface area contributed by atoms with Gasteiger partial charge in [0.05, 0.1) is 4.90 Å². The fourth-order valence-corrected chi connectivity index (χ4v) is 3.30.